The lowest BCUT2D eigenvalue weighted by molar-refractivity contribution is -0.139. The minimum Gasteiger partial charge on any atom is -0.396 e. The van der Waals surface area contributed by atoms with Crippen LogP contribution in [0, 0.1) is 0 Å². The summed E-state index contributed by atoms with van der Waals surface area (Å²) in [6.45, 7) is -0.148. The van der Waals surface area contributed by atoms with Crippen molar-refractivity contribution in [1.82, 2.24) is 0 Å². The second kappa shape index (κ2) is 5.32. The Kier molecular flexibility index (Phi) is 4.32. The lowest BCUT2D eigenvalue weighted by Gasteiger charge is -2.16. The van der Waals surface area contributed by atoms with Crippen LogP contribution in [0.3, 0.4) is 0 Å². The third-order valence-corrected chi connectivity index (χ3v) is 2.26. The number of alkyl halides is 3. The zero-order chi connectivity index (χ0) is 12.2. The lowest BCUT2D eigenvalue weighted by atomic mass is 9.99. The van der Waals surface area contributed by atoms with Gasteiger partial charge in [-0.05, 0) is 24.5 Å². The average Bonchev–Trinajstić information content (AvgIpc) is 2.24. The van der Waals surface area contributed by atoms with Crippen LogP contribution in [0.5, 0.6) is 0 Å². The molecule has 0 saturated heterocycles. The fourth-order valence-corrected chi connectivity index (χ4v) is 1.49. The van der Waals surface area contributed by atoms with Crippen molar-refractivity contribution in [3.63, 3.8) is 0 Å². The Bertz CT molecular complexity index is 336. The van der Waals surface area contributed by atoms with Gasteiger partial charge in [-0.3, -0.25) is 0 Å². The maximum Gasteiger partial charge on any atom is 0.416 e. The lowest BCUT2D eigenvalue weighted by Crippen LogP contribution is -2.12. The number of aliphatic hydroxyl groups excluding tert-OH is 2. The van der Waals surface area contributed by atoms with Crippen LogP contribution >= 0.6 is 0 Å². The van der Waals surface area contributed by atoms with Crippen molar-refractivity contribution >= 4 is 0 Å². The highest BCUT2D eigenvalue weighted by Gasteiger charge is 2.34. The predicted octanol–water partition coefficient (Wildman–Crippen LogP) is 2.51. The summed E-state index contributed by atoms with van der Waals surface area (Å²) in [5.74, 6) is 0. The number of aliphatic hydroxyl groups is 2. The summed E-state index contributed by atoms with van der Waals surface area (Å²) < 4.78 is 37.7. The summed E-state index contributed by atoms with van der Waals surface area (Å²) in [5.41, 5.74) is -0.955. The van der Waals surface area contributed by atoms with E-state index in [-0.39, 0.29) is 25.0 Å². The Morgan fingerprint density at radius 3 is 2.38 bits per heavy atom. The topological polar surface area (TPSA) is 40.5 Å². The molecule has 0 radical (unpaired) electrons. The molecule has 16 heavy (non-hydrogen) atoms. The quantitative estimate of drug-likeness (QED) is 0.840. The molecule has 1 rings (SSSR count). The summed E-state index contributed by atoms with van der Waals surface area (Å²) in [4.78, 5) is 0. The van der Waals surface area contributed by atoms with Crippen LogP contribution in [0.15, 0.2) is 24.3 Å². The zero-order valence-electron chi connectivity index (χ0n) is 8.54. The molecule has 0 amide bonds. The molecule has 0 fully saturated rings. The third-order valence-electron chi connectivity index (χ3n) is 2.26. The Hall–Kier alpha value is -1.07. The van der Waals surface area contributed by atoms with Crippen molar-refractivity contribution in [2.24, 2.45) is 0 Å². The van der Waals surface area contributed by atoms with Crippen molar-refractivity contribution in [2.75, 3.05) is 6.61 Å². The first-order valence-corrected chi connectivity index (χ1v) is 4.92. The highest BCUT2D eigenvalue weighted by Crippen LogP contribution is 2.35. The largest absolute Gasteiger partial charge is 0.416 e. The zero-order valence-corrected chi connectivity index (χ0v) is 8.54. The van der Waals surface area contributed by atoms with Crippen LogP contribution in [-0.2, 0) is 6.18 Å². The van der Waals surface area contributed by atoms with Gasteiger partial charge in [0.2, 0.25) is 0 Å². The summed E-state index contributed by atoms with van der Waals surface area (Å²) in [6.07, 6.45) is -5.27. The van der Waals surface area contributed by atoms with Crippen molar-refractivity contribution in [1.29, 1.82) is 0 Å². The molecule has 0 heterocycles. The maximum absolute atomic E-state index is 12.6. The Labute approximate surface area is 91.3 Å². The number of hydrogen-bond donors (Lipinski definition) is 2. The first-order valence-electron chi connectivity index (χ1n) is 4.92. The molecule has 0 spiro atoms. The van der Waals surface area contributed by atoms with Gasteiger partial charge in [-0.15, -0.1) is 0 Å². The number of rotatable bonds is 4. The van der Waals surface area contributed by atoms with E-state index in [0.29, 0.717) is 0 Å². The SMILES string of the molecule is OCCCC(O)c1ccccc1C(F)(F)F. The van der Waals surface area contributed by atoms with E-state index in [1.807, 2.05) is 0 Å². The van der Waals surface area contributed by atoms with Crippen LogP contribution in [0.1, 0.15) is 30.1 Å². The Morgan fingerprint density at radius 1 is 1.19 bits per heavy atom. The normalized spacial score (nSPS) is 13.8. The van der Waals surface area contributed by atoms with E-state index >= 15 is 0 Å². The smallest absolute Gasteiger partial charge is 0.396 e. The minimum atomic E-state index is -4.46. The van der Waals surface area contributed by atoms with E-state index in [1.54, 1.807) is 0 Å². The summed E-state index contributed by atoms with van der Waals surface area (Å²) in [7, 11) is 0. The number of benzene rings is 1. The van der Waals surface area contributed by atoms with Gasteiger partial charge in [0.15, 0.2) is 0 Å². The molecule has 0 saturated carbocycles. The standard InChI is InChI=1S/C11H13F3O2/c12-11(13,14)9-5-2-1-4-8(9)10(16)6-3-7-15/h1-2,4-5,10,15-16H,3,6-7H2. The molecule has 0 bridgehead atoms. The molecule has 1 unspecified atom stereocenters. The van der Waals surface area contributed by atoms with Gasteiger partial charge in [0.25, 0.3) is 0 Å². The van der Waals surface area contributed by atoms with Gasteiger partial charge in [-0.2, -0.15) is 13.2 Å². The summed E-state index contributed by atoms with van der Waals surface area (Å²) in [6, 6.07) is 4.93. The number of hydrogen-bond acceptors (Lipinski definition) is 2. The van der Waals surface area contributed by atoms with E-state index < -0.39 is 17.8 Å². The van der Waals surface area contributed by atoms with Crippen LogP contribution in [0.25, 0.3) is 0 Å². The number of halogens is 3. The molecule has 1 atom stereocenters. The van der Waals surface area contributed by atoms with Gasteiger partial charge < -0.3 is 10.2 Å². The molecule has 0 aromatic heterocycles. The van der Waals surface area contributed by atoms with Crippen LogP contribution in [0.2, 0.25) is 0 Å². The fraction of sp³-hybridized carbons (Fsp3) is 0.455. The monoisotopic (exact) mass is 234 g/mol. The maximum atomic E-state index is 12.6. The summed E-state index contributed by atoms with van der Waals surface area (Å²) >= 11 is 0. The molecule has 2 nitrogen and oxygen atoms in total. The predicted molar refractivity (Wildman–Crippen MR) is 52.7 cm³/mol. The first kappa shape index (κ1) is 13.0. The van der Waals surface area contributed by atoms with Crippen LogP contribution in [0.4, 0.5) is 13.2 Å². The van der Waals surface area contributed by atoms with E-state index in [4.69, 9.17) is 5.11 Å². The molecular formula is C11H13F3O2. The van der Waals surface area contributed by atoms with Gasteiger partial charge >= 0.3 is 6.18 Å². The van der Waals surface area contributed by atoms with E-state index in [9.17, 15) is 18.3 Å². The highest BCUT2D eigenvalue weighted by molar-refractivity contribution is 5.31. The van der Waals surface area contributed by atoms with Gasteiger partial charge in [0, 0.05) is 6.61 Å². The second-order valence-corrected chi connectivity index (χ2v) is 3.47. The summed E-state index contributed by atoms with van der Waals surface area (Å²) in [5, 5.41) is 18.1. The van der Waals surface area contributed by atoms with Gasteiger partial charge in [-0.25, -0.2) is 0 Å². The molecule has 1 aromatic carbocycles. The molecule has 1 aromatic rings. The van der Waals surface area contributed by atoms with E-state index in [0.717, 1.165) is 6.07 Å². The molecule has 0 aliphatic heterocycles. The second-order valence-electron chi connectivity index (χ2n) is 3.47. The Morgan fingerprint density at radius 2 is 1.81 bits per heavy atom. The Balaban J connectivity index is 2.94. The third kappa shape index (κ3) is 3.21. The molecule has 2 N–H and O–H groups in total. The van der Waals surface area contributed by atoms with Crippen molar-refractivity contribution in [2.45, 2.75) is 25.1 Å². The first-order chi connectivity index (χ1) is 7.46. The van der Waals surface area contributed by atoms with E-state index in [2.05, 4.69) is 0 Å². The average molecular weight is 234 g/mol. The van der Waals surface area contributed by atoms with Gasteiger partial charge in [0.05, 0.1) is 11.7 Å². The molecular weight excluding hydrogens is 221 g/mol. The highest BCUT2D eigenvalue weighted by atomic mass is 19.4. The molecule has 90 valence electrons. The van der Waals surface area contributed by atoms with Crippen molar-refractivity contribution in [3.8, 4) is 0 Å². The minimum absolute atomic E-state index is 0.115. The van der Waals surface area contributed by atoms with Gasteiger partial charge in [0.1, 0.15) is 0 Å². The molecule has 5 heteroatoms. The van der Waals surface area contributed by atoms with Crippen molar-refractivity contribution < 1.29 is 23.4 Å². The fourth-order valence-electron chi connectivity index (χ4n) is 1.49. The van der Waals surface area contributed by atoms with E-state index in [1.165, 1.54) is 18.2 Å². The van der Waals surface area contributed by atoms with Crippen LogP contribution < -0.4 is 0 Å². The molecule has 0 aliphatic carbocycles. The van der Waals surface area contributed by atoms with Crippen LogP contribution in [-0.4, -0.2) is 16.8 Å². The van der Waals surface area contributed by atoms with Gasteiger partial charge in [-0.1, -0.05) is 18.2 Å². The van der Waals surface area contributed by atoms with Crippen molar-refractivity contribution in [3.05, 3.63) is 35.4 Å². The molecule has 0 aliphatic rings.